The molecule has 0 fully saturated rings. The van der Waals surface area contributed by atoms with Crippen LogP contribution in [0.1, 0.15) is 10.6 Å². The second-order valence-electron chi connectivity index (χ2n) is 3.26. The Balaban J connectivity index is 1.90. The predicted octanol–water partition coefficient (Wildman–Crippen LogP) is 3.35. The van der Waals surface area contributed by atoms with Gasteiger partial charge in [-0.3, -0.25) is 0 Å². The standard InChI is InChI=1S/C10H9ClFN3S2/c11-8-3-7(12)2-1-6(8)4-16-5-9-14-15-10(13)17-9/h1-3H,4-5H2,(H2,13,15). The highest BCUT2D eigenvalue weighted by Gasteiger charge is 2.04. The summed E-state index contributed by atoms with van der Waals surface area (Å²) in [6, 6.07) is 4.42. The van der Waals surface area contributed by atoms with Crippen LogP contribution in [0.15, 0.2) is 18.2 Å². The van der Waals surface area contributed by atoms with Gasteiger partial charge >= 0.3 is 0 Å². The van der Waals surface area contributed by atoms with E-state index in [2.05, 4.69) is 10.2 Å². The lowest BCUT2D eigenvalue weighted by atomic mass is 10.2. The molecule has 90 valence electrons. The fraction of sp³-hybridized carbons (Fsp3) is 0.200. The quantitative estimate of drug-likeness (QED) is 0.938. The smallest absolute Gasteiger partial charge is 0.203 e. The van der Waals surface area contributed by atoms with Crippen molar-refractivity contribution >= 4 is 39.8 Å². The van der Waals surface area contributed by atoms with Crippen LogP contribution in [0.3, 0.4) is 0 Å². The van der Waals surface area contributed by atoms with E-state index < -0.39 is 0 Å². The van der Waals surface area contributed by atoms with Crippen LogP contribution in [0.25, 0.3) is 0 Å². The molecule has 0 aliphatic heterocycles. The molecule has 0 atom stereocenters. The van der Waals surface area contributed by atoms with Gasteiger partial charge in [-0.2, -0.15) is 0 Å². The minimum absolute atomic E-state index is 0.319. The van der Waals surface area contributed by atoms with E-state index in [1.54, 1.807) is 17.8 Å². The van der Waals surface area contributed by atoms with E-state index in [-0.39, 0.29) is 5.82 Å². The van der Waals surface area contributed by atoms with Gasteiger partial charge in [0.2, 0.25) is 5.13 Å². The fourth-order valence-electron chi connectivity index (χ4n) is 1.21. The van der Waals surface area contributed by atoms with E-state index in [1.807, 2.05) is 0 Å². The average molecular weight is 290 g/mol. The summed E-state index contributed by atoms with van der Waals surface area (Å²) in [5, 5.41) is 9.45. The Morgan fingerprint density at radius 3 is 2.82 bits per heavy atom. The lowest BCUT2D eigenvalue weighted by molar-refractivity contribution is 0.627. The minimum atomic E-state index is -0.319. The summed E-state index contributed by atoms with van der Waals surface area (Å²) >= 11 is 8.93. The van der Waals surface area contributed by atoms with Crippen LogP contribution in [0, 0.1) is 5.82 Å². The maximum absolute atomic E-state index is 12.8. The Kier molecular flexibility index (Phi) is 4.20. The van der Waals surface area contributed by atoms with E-state index in [0.29, 0.717) is 15.9 Å². The van der Waals surface area contributed by atoms with Crippen molar-refractivity contribution in [2.24, 2.45) is 0 Å². The molecular formula is C10H9ClFN3S2. The lowest BCUT2D eigenvalue weighted by Gasteiger charge is -2.02. The molecule has 2 rings (SSSR count). The van der Waals surface area contributed by atoms with E-state index in [1.165, 1.54) is 23.5 Å². The van der Waals surface area contributed by atoms with E-state index >= 15 is 0 Å². The maximum Gasteiger partial charge on any atom is 0.203 e. The van der Waals surface area contributed by atoms with Crippen LogP contribution >= 0.6 is 34.7 Å². The number of benzene rings is 1. The zero-order valence-electron chi connectivity index (χ0n) is 8.69. The number of halogens is 2. The first kappa shape index (κ1) is 12.6. The van der Waals surface area contributed by atoms with Crippen molar-refractivity contribution < 1.29 is 4.39 Å². The Hall–Kier alpha value is -0.850. The number of rotatable bonds is 4. The summed E-state index contributed by atoms with van der Waals surface area (Å²) in [5.74, 6) is 1.11. The monoisotopic (exact) mass is 289 g/mol. The van der Waals surface area contributed by atoms with Crippen molar-refractivity contribution in [1.29, 1.82) is 0 Å². The molecule has 0 radical (unpaired) electrons. The zero-order chi connectivity index (χ0) is 12.3. The number of thioether (sulfide) groups is 1. The van der Waals surface area contributed by atoms with E-state index in [4.69, 9.17) is 17.3 Å². The van der Waals surface area contributed by atoms with Crippen molar-refractivity contribution in [1.82, 2.24) is 10.2 Å². The zero-order valence-corrected chi connectivity index (χ0v) is 11.1. The summed E-state index contributed by atoms with van der Waals surface area (Å²) in [6.07, 6.45) is 0. The number of hydrogen-bond acceptors (Lipinski definition) is 5. The molecule has 1 aromatic heterocycles. The van der Waals surface area contributed by atoms with Gasteiger partial charge in [-0.05, 0) is 17.7 Å². The summed E-state index contributed by atoms with van der Waals surface area (Å²) in [7, 11) is 0. The number of aromatic nitrogens is 2. The van der Waals surface area contributed by atoms with Gasteiger partial charge in [-0.1, -0.05) is 29.0 Å². The van der Waals surface area contributed by atoms with Crippen LogP contribution in [0.4, 0.5) is 9.52 Å². The van der Waals surface area contributed by atoms with E-state index in [0.717, 1.165) is 16.3 Å². The second kappa shape index (κ2) is 5.66. The first-order valence-electron chi connectivity index (χ1n) is 4.74. The summed E-state index contributed by atoms with van der Waals surface area (Å²) in [6.45, 7) is 0. The Bertz CT molecular complexity index is 518. The topological polar surface area (TPSA) is 51.8 Å². The highest BCUT2D eigenvalue weighted by molar-refractivity contribution is 7.97. The minimum Gasteiger partial charge on any atom is -0.374 e. The van der Waals surface area contributed by atoms with Crippen LogP contribution < -0.4 is 5.73 Å². The number of hydrogen-bond donors (Lipinski definition) is 1. The summed E-state index contributed by atoms with van der Waals surface area (Å²) in [4.78, 5) is 0. The molecule has 1 aromatic carbocycles. The Labute approximate surface area is 111 Å². The third kappa shape index (κ3) is 3.55. The Morgan fingerprint density at radius 1 is 1.35 bits per heavy atom. The highest BCUT2D eigenvalue weighted by atomic mass is 35.5. The van der Waals surface area contributed by atoms with E-state index in [9.17, 15) is 4.39 Å². The van der Waals surface area contributed by atoms with Gasteiger partial charge in [0.05, 0.1) is 0 Å². The molecule has 0 spiro atoms. The van der Waals surface area contributed by atoms with Gasteiger partial charge in [0.1, 0.15) is 10.8 Å². The largest absolute Gasteiger partial charge is 0.374 e. The molecule has 2 aromatic rings. The van der Waals surface area contributed by atoms with Crippen molar-refractivity contribution in [2.45, 2.75) is 11.5 Å². The number of nitrogen functional groups attached to an aromatic ring is 1. The van der Waals surface area contributed by atoms with Gasteiger partial charge in [0.15, 0.2) is 0 Å². The molecule has 17 heavy (non-hydrogen) atoms. The SMILES string of the molecule is Nc1nnc(CSCc2ccc(F)cc2Cl)s1. The normalized spacial score (nSPS) is 10.7. The molecule has 2 N–H and O–H groups in total. The number of nitrogens with zero attached hydrogens (tertiary/aromatic N) is 2. The van der Waals surface area contributed by atoms with Gasteiger partial charge < -0.3 is 5.73 Å². The van der Waals surface area contributed by atoms with Crippen molar-refractivity contribution in [3.63, 3.8) is 0 Å². The fourth-order valence-corrected chi connectivity index (χ4v) is 3.22. The highest BCUT2D eigenvalue weighted by Crippen LogP contribution is 2.25. The molecule has 0 aliphatic rings. The average Bonchev–Trinajstić information content (AvgIpc) is 2.68. The van der Waals surface area contributed by atoms with Gasteiger partial charge in [0, 0.05) is 16.5 Å². The first-order chi connectivity index (χ1) is 8.15. The molecule has 0 saturated heterocycles. The van der Waals surface area contributed by atoms with Crippen LogP contribution in [-0.2, 0) is 11.5 Å². The van der Waals surface area contributed by atoms with Gasteiger partial charge in [0.25, 0.3) is 0 Å². The summed E-state index contributed by atoms with van der Waals surface area (Å²) < 4.78 is 12.8. The van der Waals surface area contributed by atoms with Gasteiger partial charge in [-0.15, -0.1) is 22.0 Å². The lowest BCUT2D eigenvalue weighted by Crippen LogP contribution is -1.86. The Morgan fingerprint density at radius 2 is 2.18 bits per heavy atom. The molecule has 0 bridgehead atoms. The third-order valence-corrected chi connectivity index (χ3v) is 4.26. The second-order valence-corrected chi connectivity index (χ2v) is 5.75. The third-order valence-electron chi connectivity index (χ3n) is 1.98. The predicted molar refractivity (Wildman–Crippen MR) is 70.7 cm³/mol. The van der Waals surface area contributed by atoms with Crippen molar-refractivity contribution in [2.75, 3.05) is 5.73 Å². The maximum atomic E-state index is 12.8. The molecule has 0 aliphatic carbocycles. The number of anilines is 1. The molecule has 0 saturated carbocycles. The van der Waals surface area contributed by atoms with Crippen molar-refractivity contribution in [3.8, 4) is 0 Å². The molecule has 0 amide bonds. The molecule has 0 unspecified atom stereocenters. The van der Waals surface area contributed by atoms with Crippen LogP contribution in [0.5, 0.6) is 0 Å². The molecular weight excluding hydrogens is 281 g/mol. The van der Waals surface area contributed by atoms with Crippen LogP contribution in [0.2, 0.25) is 5.02 Å². The first-order valence-corrected chi connectivity index (χ1v) is 7.09. The molecule has 7 heteroatoms. The molecule has 3 nitrogen and oxygen atoms in total. The van der Waals surface area contributed by atoms with Gasteiger partial charge in [-0.25, -0.2) is 4.39 Å². The molecule has 1 heterocycles. The van der Waals surface area contributed by atoms with Crippen LogP contribution in [-0.4, -0.2) is 10.2 Å². The summed E-state index contributed by atoms with van der Waals surface area (Å²) in [5.41, 5.74) is 6.39. The number of nitrogens with two attached hydrogens (primary N) is 1. The van der Waals surface area contributed by atoms with Crippen molar-refractivity contribution in [3.05, 3.63) is 39.6 Å².